The smallest absolute Gasteiger partial charge is 0.242 e. The molecule has 2 aliphatic rings. The standard InChI is InChI=1S/C23H26FN3O2/c1-16-13-19-5-3-4-6-21(19)27(16)15-23(29)26-11-9-25(10-12-26)22-8-7-18(17(2)28)14-20(22)24/h3-8,14,16H,9-13,15H2,1-2H3. The SMILES string of the molecule is CC(=O)c1ccc(N2CCN(C(=O)CN3c4ccccc4CC3C)CC2)c(F)c1. The zero-order chi connectivity index (χ0) is 20.5. The van der Waals surface area contributed by atoms with Gasteiger partial charge in [-0.15, -0.1) is 0 Å². The van der Waals surface area contributed by atoms with E-state index in [1.54, 1.807) is 12.1 Å². The molecule has 1 saturated heterocycles. The summed E-state index contributed by atoms with van der Waals surface area (Å²) in [5, 5.41) is 0. The van der Waals surface area contributed by atoms with E-state index in [9.17, 15) is 14.0 Å². The van der Waals surface area contributed by atoms with Crippen molar-refractivity contribution in [2.45, 2.75) is 26.3 Å². The predicted molar refractivity (Wildman–Crippen MR) is 112 cm³/mol. The van der Waals surface area contributed by atoms with Crippen LogP contribution in [0.3, 0.4) is 0 Å². The van der Waals surface area contributed by atoms with Gasteiger partial charge in [0.05, 0.1) is 12.2 Å². The van der Waals surface area contributed by atoms with Crippen LogP contribution in [-0.4, -0.2) is 55.4 Å². The summed E-state index contributed by atoms with van der Waals surface area (Å²) in [6.45, 7) is 6.24. The third-order valence-corrected chi connectivity index (χ3v) is 5.98. The maximum absolute atomic E-state index is 14.4. The highest BCUT2D eigenvalue weighted by molar-refractivity contribution is 5.94. The Balaban J connectivity index is 1.37. The van der Waals surface area contributed by atoms with Crippen molar-refractivity contribution in [3.8, 4) is 0 Å². The van der Waals surface area contributed by atoms with Crippen molar-refractivity contribution in [3.63, 3.8) is 0 Å². The Kier molecular flexibility index (Phi) is 5.26. The van der Waals surface area contributed by atoms with E-state index in [0.717, 1.165) is 12.1 Å². The van der Waals surface area contributed by atoms with Crippen LogP contribution in [0, 0.1) is 5.82 Å². The molecule has 2 aromatic carbocycles. The van der Waals surface area contributed by atoms with Gasteiger partial charge in [0.25, 0.3) is 0 Å². The first-order valence-corrected chi connectivity index (χ1v) is 10.1. The number of fused-ring (bicyclic) bond motifs is 1. The molecule has 1 amide bonds. The number of carbonyl (C=O) groups excluding carboxylic acids is 2. The number of ketones is 1. The first kappa shape index (κ1) is 19.4. The van der Waals surface area contributed by atoms with Gasteiger partial charge < -0.3 is 14.7 Å². The molecule has 0 aliphatic carbocycles. The van der Waals surface area contributed by atoms with E-state index in [-0.39, 0.29) is 17.5 Å². The Hall–Kier alpha value is -2.89. The lowest BCUT2D eigenvalue weighted by atomic mass is 10.1. The summed E-state index contributed by atoms with van der Waals surface area (Å²) in [6.07, 6.45) is 0.965. The Labute approximate surface area is 170 Å². The quantitative estimate of drug-likeness (QED) is 0.746. The zero-order valence-electron chi connectivity index (χ0n) is 16.9. The Morgan fingerprint density at radius 1 is 1.03 bits per heavy atom. The molecule has 0 saturated carbocycles. The fourth-order valence-corrected chi connectivity index (χ4v) is 4.30. The fraction of sp³-hybridized carbons (Fsp3) is 0.391. The highest BCUT2D eigenvalue weighted by Gasteiger charge is 2.30. The summed E-state index contributed by atoms with van der Waals surface area (Å²) in [7, 11) is 0. The molecular formula is C23H26FN3O2. The van der Waals surface area contributed by atoms with Crippen molar-refractivity contribution in [2.24, 2.45) is 0 Å². The molecule has 152 valence electrons. The van der Waals surface area contributed by atoms with Crippen molar-refractivity contribution in [1.29, 1.82) is 0 Å². The molecule has 2 aromatic rings. The second-order valence-corrected chi connectivity index (χ2v) is 7.90. The van der Waals surface area contributed by atoms with Crippen LogP contribution in [0.2, 0.25) is 0 Å². The Bertz CT molecular complexity index is 937. The molecule has 2 heterocycles. The molecule has 1 atom stereocenters. The molecule has 5 nitrogen and oxygen atoms in total. The van der Waals surface area contributed by atoms with Gasteiger partial charge in [-0.05, 0) is 50.1 Å². The molecule has 0 spiro atoms. The van der Waals surface area contributed by atoms with Crippen molar-refractivity contribution >= 4 is 23.1 Å². The number of rotatable bonds is 4. The lowest BCUT2D eigenvalue weighted by Gasteiger charge is -2.37. The van der Waals surface area contributed by atoms with Crippen LogP contribution >= 0.6 is 0 Å². The highest BCUT2D eigenvalue weighted by atomic mass is 19.1. The minimum atomic E-state index is -0.389. The van der Waals surface area contributed by atoms with Gasteiger partial charge in [0.1, 0.15) is 5.82 Å². The third kappa shape index (κ3) is 3.84. The molecule has 6 heteroatoms. The number of piperazine rings is 1. The second-order valence-electron chi connectivity index (χ2n) is 7.90. The first-order valence-electron chi connectivity index (χ1n) is 10.1. The molecular weight excluding hydrogens is 369 g/mol. The monoisotopic (exact) mass is 395 g/mol. The number of carbonyl (C=O) groups is 2. The van der Waals surface area contributed by atoms with E-state index >= 15 is 0 Å². The highest BCUT2D eigenvalue weighted by Crippen LogP contribution is 2.31. The number of halogens is 1. The third-order valence-electron chi connectivity index (χ3n) is 5.98. The molecule has 29 heavy (non-hydrogen) atoms. The topological polar surface area (TPSA) is 43.9 Å². The van der Waals surface area contributed by atoms with Crippen molar-refractivity contribution in [1.82, 2.24) is 4.90 Å². The number of hydrogen-bond acceptors (Lipinski definition) is 4. The summed E-state index contributed by atoms with van der Waals surface area (Å²) in [5.74, 6) is -0.427. The Morgan fingerprint density at radius 3 is 2.45 bits per heavy atom. The van der Waals surface area contributed by atoms with E-state index in [2.05, 4.69) is 24.0 Å². The number of para-hydroxylation sites is 1. The van der Waals surface area contributed by atoms with Crippen LogP contribution in [0.1, 0.15) is 29.8 Å². The van der Waals surface area contributed by atoms with E-state index in [1.165, 1.54) is 18.6 Å². The summed E-state index contributed by atoms with van der Waals surface area (Å²) < 4.78 is 14.4. The normalized spacial score (nSPS) is 18.7. The maximum Gasteiger partial charge on any atom is 0.242 e. The molecule has 1 fully saturated rings. The average molecular weight is 395 g/mol. The largest absolute Gasteiger partial charge is 0.366 e. The van der Waals surface area contributed by atoms with Crippen LogP contribution < -0.4 is 9.80 Å². The second kappa shape index (κ2) is 7.85. The summed E-state index contributed by atoms with van der Waals surface area (Å²) in [4.78, 5) is 30.3. The number of amides is 1. The lowest BCUT2D eigenvalue weighted by Crippen LogP contribution is -2.52. The maximum atomic E-state index is 14.4. The van der Waals surface area contributed by atoms with Crippen LogP contribution in [0.5, 0.6) is 0 Å². The number of Topliss-reactive ketones (excluding diaryl/α,β-unsaturated/α-hetero) is 1. The van der Waals surface area contributed by atoms with Crippen molar-refractivity contribution in [3.05, 3.63) is 59.4 Å². The summed E-state index contributed by atoms with van der Waals surface area (Å²) in [5.41, 5.74) is 3.31. The van der Waals surface area contributed by atoms with E-state index < -0.39 is 0 Å². The molecule has 0 aromatic heterocycles. The zero-order valence-corrected chi connectivity index (χ0v) is 16.9. The van der Waals surface area contributed by atoms with Crippen molar-refractivity contribution < 1.29 is 14.0 Å². The lowest BCUT2D eigenvalue weighted by molar-refractivity contribution is -0.130. The Morgan fingerprint density at radius 2 is 1.76 bits per heavy atom. The number of benzene rings is 2. The fourth-order valence-electron chi connectivity index (χ4n) is 4.30. The summed E-state index contributed by atoms with van der Waals surface area (Å²) >= 11 is 0. The van der Waals surface area contributed by atoms with E-state index in [0.29, 0.717) is 50.0 Å². The number of hydrogen-bond donors (Lipinski definition) is 0. The van der Waals surface area contributed by atoms with E-state index in [4.69, 9.17) is 0 Å². The molecule has 0 N–H and O–H groups in total. The van der Waals surface area contributed by atoms with Gasteiger partial charge in [0.15, 0.2) is 5.78 Å². The minimum absolute atomic E-state index is 0.112. The molecule has 0 bridgehead atoms. The van der Waals surface area contributed by atoms with Gasteiger partial charge in [0.2, 0.25) is 5.91 Å². The van der Waals surface area contributed by atoms with Gasteiger partial charge >= 0.3 is 0 Å². The summed E-state index contributed by atoms with van der Waals surface area (Å²) in [6, 6.07) is 13.2. The van der Waals surface area contributed by atoms with Crippen LogP contribution in [0.4, 0.5) is 15.8 Å². The molecule has 1 unspecified atom stereocenters. The molecule has 2 aliphatic heterocycles. The molecule has 0 radical (unpaired) electrons. The van der Waals surface area contributed by atoms with Gasteiger partial charge in [-0.25, -0.2) is 4.39 Å². The minimum Gasteiger partial charge on any atom is -0.366 e. The van der Waals surface area contributed by atoms with Gasteiger partial charge in [0, 0.05) is 43.5 Å². The van der Waals surface area contributed by atoms with Crippen LogP contribution in [0.25, 0.3) is 0 Å². The number of nitrogens with zero attached hydrogens (tertiary/aromatic N) is 3. The van der Waals surface area contributed by atoms with E-state index in [1.807, 2.05) is 21.9 Å². The van der Waals surface area contributed by atoms with Gasteiger partial charge in [-0.3, -0.25) is 9.59 Å². The predicted octanol–water partition coefficient (Wildman–Crippen LogP) is 3.13. The number of anilines is 2. The molecule has 4 rings (SSSR count). The van der Waals surface area contributed by atoms with Gasteiger partial charge in [-0.1, -0.05) is 18.2 Å². The average Bonchev–Trinajstić information content (AvgIpc) is 3.03. The van der Waals surface area contributed by atoms with Crippen molar-refractivity contribution in [2.75, 3.05) is 42.5 Å². The van der Waals surface area contributed by atoms with Crippen LogP contribution in [0.15, 0.2) is 42.5 Å². The van der Waals surface area contributed by atoms with Gasteiger partial charge in [-0.2, -0.15) is 0 Å². The first-order chi connectivity index (χ1) is 13.9. The van der Waals surface area contributed by atoms with Crippen LogP contribution in [-0.2, 0) is 11.2 Å².